The Morgan fingerprint density at radius 1 is 1.26 bits per heavy atom. The number of anilines is 2. The van der Waals surface area contributed by atoms with Gasteiger partial charge in [-0.15, -0.1) is 0 Å². The third-order valence-corrected chi connectivity index (χ3v) is 2.75. The molecule has 6 nitrogen and oxygen atoms in total. The van der Waals surface area contributed by atoms with Gasteiger partial charge in [0.15, 0.2) is 5.65 Å². The summed E-state index contributed by atoms with van der Waals surface area (Å²) in [4.78, 5) is 8.13. The largest absolute Gasteiger partial charge is 0.338 e. The smallest absolute Gasteiger partial charge is 0.226 e. The van der Waals surface area contributed by atoms with Crippen LogP contribution in [0.1, 0.15) is 5.56 Å². The molecule has 2 aromatic heterocycles. The number of H-pyrrole nitrogens is 1. The van der Waals surface area contributed by atoms with Gasteiger partial charge in [-0.05, 0) is 23.7 Å². The van der Waals surface area contributed by atoms with Crippen LogP contribution < -0.4 is 5.32 Å². The predicted molar refractivity (Wildman–Crippen MR) is 71.1 cm³/mol. The number of para-hydroxylation sites is 1. The molecule has 3 rings (SSSR count). The van der Waals surface area contributed by atoms with E-state index in [2.05, 4.69) is 31.6 Å². The summed E-state index contributed by atoms with van der Waals surface area (Å²) in [7, 11) is 0. The van der Waals surface area contributed by atoms with Gasteiger partial charge in [0, 0.05) is 0 Å². The number of halogens is 1. The van der Waals surface area contributed by atoms with Crippen molar-refractivity contribution in [1.82, 2.24) is 20.2 Å². The van der Waals surface area contributed by atoms with Gasteiger partial charge in [-0.3, -0.25) is 5.10 Å². The molecule has 0 atom stereocenters. The molecular formula is C12H7ClN6. The van der Waals surface area contributed by atoms with Crippen molar-refractivity contribution in [2.45, 2.75) is 0 Å². The normalized spacial score (nSPS) is 10.3. The van der Waals surface area contributed by atoms with Crippen LogP contribution in [0.15, 0.2) is 30.5 Å². The Labute approximate surface area is 113 Å². The van der Waals surface area contributed by atoms with Crippen LogP contribution >= 0.6 is 11.6 Å². The molecule has 1 aromatic carbocycles. The van der Waals surface area contributed by atoms with E-state index in [1.165, 1.54) is 0 Å². The molecule has 0 radical (unpaired) electrons. The summed E-state index contributed by atoms with van der Waals surface area (Å²) in [6, 6.07) is 9.25. The number of aromatic amines is 1. The fourth-order valence-electron chi connectivity index (χ4n) is 1.72. The fourth-order valence-corrected chi connectivity index (χ4v) is 1.89. The summed E-state index contributed by atoms with van der Waals surface area (Å²) in [5.41, 5.74) is 1.72. The number of fused-ring (bicyclic) bond motifs is 1. The van der Waals surface area contributed by atoms with Gasteiger partial charge in [-0.1, -0.05) is 12.1 Å². The van der Waals surface area contributed by atoms with Crippen molar-refractivity contribution in [3.63, 3.8) is 0 Å². The second-order valence-electron chi connectivity index (χ2n) is 3.76. The Morgan fingerprint density at radius 2 is 2.11 bits per heavy atom. The van der Waals surface area contributed by atoms with Crippen molar-refractivity contribution in [2.24, 2.45) is 0 Å². The van der Waals surface area contributed by atoms with Crippen LogP contribution in [0.2, 0.25) is 5.28 Å². The number of nitrogens with zero attached hydrogens (tertiary/aromatic N) is 4. The maximum absolute atomic E-state index is 9.06. The van der Waals surface area contributed by atoms with E-state index in [9.17, 15) is 0 Å². The molecule has 0 aliphatic rings. The zero-order valence-corrected chi connectivity index (χ0v) is 10.3. The molecule has 2 N–H and O–H groups in total. The lowest BCUT2D eigenvalue weighted by Crippen LogP contribution is -1.98. The number of hydrogen-bond donors (Lipinski definition) is 2. The zero-order chi connectivity index (χ0) is 13.2. The van der Waals surface area contributed by atoms with Crippen molar-refractivity contribution >= 4 is 34.1 Å². The first-order chi connectivity index (χ1) is 9.28. The molecule has 0 aliphatic heterocycles. The number of hydrogen-bond acceptors (Lipinski definition) is 5. The third-order valence-electron chi connectivity index (χ3n) is 2.58. The van der Waals surface area contributed by atoms with Gasteiger partial charge in [-0.2, -0.15) is 20.3 Å². The Kier molecular flexibility index (Phi) is 2.74. The van der Waals surface area contributed by atoms with E-state index in [1.54, 1.807) is 24.4 Å². The van der Waals surface area contributed by atoms with Crippen molar-refractivity contribution in [3.05, 3.63) is 41.3 Å². The Morgan fingerprint density at radius 3 is 2.95 bits per heavy atom. The fraction of sp³-hybridized carbons (Fsp3) is 0. The SMILES string of the molecule is N#Cc1ccccc1Nc1nc(Cl)nc2[nH]ncc12. The lowest BCUT2D eigenvalue weighted by atomic mass is 10.2. The number of nitrogens with one attached hydrogen (secondary N) is 2. The Hall–Kier alpha value is -2.65. The van der Waals surface area contributed by atoms with Crippen LogP contribution in [0, 0.1) is 11.3 Å². The van der Waals surface area contributed by atoms with Crippen LogP contribution in [0.4, 0.5) is 11.5 Å². The van der Waals surface area contributed by atoms with Gasteiger partial charge in [0.05, 0.1) is 22.8 Å². The van der Waals surface area contributed by atoms with Crippen LogP contribution in [-0.2, 0) is 0 Å². The van der Waals surface area contributed by atoms with Crippen LogP contribution in [0.3, 0.4) is 0 Å². The highest BCUT2D eigenvalue weighted by molar-refractivity contribution is 6.28. The first-order valence-corrected chi connectivity index (χ1v) is 5.78. The quantitative estimate of drug-likeness (QED) is 0.699. The molecule has 0 unspecified atom stereocenters. The molecule has 0 bridgehead atoms. The highest BCUT2D eigenvalue weighted by atomic mass is 35.5. The molecule has 0 aliphatic carbocycles. The van der Waals surface area contributed by atoms with Gasteiger partial charge in [0.25, 0.3) is 0 Å². The third kappa shape index (κ3) is 2.07. The Balaban J connectivity index is 2.11. The molecule has 19 heavy (non-hydrogen) atoms. The minimum atomic E-state index is 0.105. The van der Waals surface area contributed by atoms with E-state index in [1.807, 2.05) is 6.07 Å². The summed E-state index contributed by atoms with van der Waals surface area (Å²) >= 11 is 5.85. The predicted octanol–water partition coefficient (Wildman–Crippen LogP) is 2.62. The number of benzene rings is 1. The van der Waals surface area contributed by atoms with E-state index in [4.69, 9.17) is 16.9 Å². The van der Waals surface area contributed by atoms with E-state index in [0.29, 0.717) is 28.1 Å². The van der Waals surface area contributed by atoms with Gasteiger partial charge in [-0.25, -0.2) is 0 Å². The highest BCUT2D eigenvalue weighted by Crippen LogP contribution is 2.25. The summed E-state index contributed by atoms with van der Waals surface area (Å²) < 4.78 is 0. The van der Waals surface area contributed by atoms with Crippen molar-refractivity contribution in [3.8, 4) is 6.07 Å². The maximum Gasteiger partial charge on any atom is 0.226 e. The van der Waals surface area contributed by atoms with Crippen molar-refractivity contribution < 1.29 is 0 Å². The number of nitriles is 1. The highest BCUT2D eigenvalue weighted by Gasteiger charge is 2.10. The second kappa shape index (κ2) is 4.55. The zero-order valence-electron chi connectivity index (χ0n) is 9.55. The van der Waals surface area contributed by atoms with Crippen LogP contribution in [0.5, 0.6) is 0 Å². The molecule has 0 saturated carbocycles. The summed E-state index contributed by atoms with van der Waals surface area (Å²) in [6.45, 7) is 0. The molecule has 92 valence electrons. The maximum atomic E-state index is 9.06. The Bertz CT molecular complexity index is 788. The monoisotopic (exact) mass is 270 g/mol. The van der Waals surface area contributed by atoms with Gasteiger partial charge in [0.1, 0.15) is 11.9 Å². The average molecular weight is 271 g/mol. The van der Waals surface area contributed by atoms with Crippen LogP contribution in [0.25, 0.3) is 11.0 Å². The molecule has 3 aromatic rings. The second-order valence-corrected chi connectivity index (χ2v) is 4.09. The van der Waals surface area contributed by atoms with Crippen molar-refractivity contribution in [2.75, 3.05) is 5.32 Å². The lowest BCUT2D eigenvalue weighted by Gasteiger charge is -2.07. The molecule has 7 heteroatoms. The summed E-state index contributed by atoms with van der Waals surface area (Å²) in [5.74, 6) is 0.506. The lowest BCUT2D eigenvalue weighted by molar-refractivity contribution is 1.09. The summed E-state index contributed by atoms with van der Waals surface area (Å²) in [5, 5.41) is 19.6. The number of aromatic nitrogens is 4. The van der Waals surface area contributed by atoms with Crippen LogP contribution in [-0.4, -0.2) is 20.2 Å². The van der Waals surface area contributed by atoms with Gasteiger partial charge >= 0.3 is 0 Å². The van der Waals surface area contributed by atoms with Gasteiger partial charge in [0.2, 0.25) is 5.28 Å². The molecule has 2 heterocycles. The van der Waals surface area contributed by atoms with E-state index in [-0.39, 0.29) is 5.28 Å². The van der Waals surface area contributed by atoms with E-state index in [0.717, 1.165) is 0 Å². The summed E-state index contributed by atoms with van der Waals surface area (Å²) in [6.07, 6.45) is 1.60. The van der Waals surface area contributed by atoms with Crippen molar-refractivity contribution in [1.29, 1.82) is 5.26 Å². The van der Waals surface area contributed by atoms with Gasteiger partial charge < -0.3 is 5.32 Å². The molecule has 0 fully saturated rings. The number of rotatable bonds is 2. The first kappa shape index (κ1) is 11.4. The standard InChI is InChI=1S/C12H7ClN6/c13-12-17-10(8-6-15-19-11(8)18-12)16-9-4-2-1-3-7(9)5-14/h1-4,6H,(H2,15,16,17,18,19). The van der Waals surface area contributed by atoms with E-state index < -0.39 is 0 Å². The topological polar surface area (TPSA) is 90.3 Å². The molecule has 0 amide bonds. The average Bonchev–Trinajstić information content (AvgIpc) is 2.87. The van der Waals surface area contributed by atoms with E-state index >= 15 is 0 Å². The molecule has 0 spiro atoms. The molecule has 0 saturated heterocycles. The minimum Gasteiger partial charge on any atom is -0.338 e. The molecular weight excluding hydrogens is 264 g/mol. The first-order valence-electron chi connectivity index (χ1n) is 5.40. The minimum absolute atomic E-state index is 0.105.